The summed E-state index contributed by atoms with van der Waals surface area (Å²) in [5.74, 6) is 0.967. The Hall–Kier alpha value is -0.670. The smallest absolute Gasteiger partial charge is 0.165 e. The van der Waals surface area contributed by atoms with E-state index in [0.29, 0.717) is 6.42 Å². The van der Waals surface area contributed by atoms with Crippen LogP contribution < -0.4 is 0 Å². The first-order valence-electron chi connectivity index (χ1n) is 7.62. The number of rotatable bonds is 9. The van der Waals surface area contributed by atoms with Crippen molar-refractivity contribution in [3.8, 4) is 0 Å². The molecule has 1 aromatic carbocycles. The van der Waals surface area contributed by atoms with Gasteiger partial charge in [-0.1, -0.05) is 67.7 Å². The van der Waals surface area contributed by atoms with E-state index in [1.807, 2.05) is 24.3 Å². The lowest BCUT2D eigenvalue weighted by Gasteiger charge is -2.24. The van der Waals surface area contributed by atoms with Crippen molar-refractivity contribution in [2.45, 2.75) is 40.0 Å². The second kappa shape index (κ2) is 9.30. The van der Waals surface area contributed by atoms with Gasteiger partial charge < -0.3 is 4.90 Å². The standard InChI is InChI=1S/C17H26BrNO/c1-4-14(5-2)13-19(6-3)12-11-17(20)15-9-7-8-10-16(15)18/h7-10,14H,4-6,11-13H2,1-3H3. The molecule has 20 heavy (non-hydrogen) atoms. The van der Waals surface area contributed by atoms with E-state index in [9.17, 15) is 4.79 Å². The van der Waals surface area contributed by atoms with Crippen LogP contribution in [0.4, 0.5) is 0 Å². The van der Waals surface area contributed by atoms with Gasteiger partial charge in [0.1, 0.15) is 0 Å². The van der Waals surface area contributed by atoms with Crippen LogP contribution in [0.15, 0.2) is 28.7 Å². The van der Waals surface area contributed by atoms with E-state index in [4.69, 9.17) is 0 Å². The Morgan fingerprint density at radius 2 is 1.85 bits per heavy atom. The van der Waals surface area contributed by atoms with Gasteiger partial charge in [-0.05, 0) is 18.5 Å². The second-order valence-electron chi connectivity index (χ2n) is 5.23. The maximum Gasteiger partial charge on any atom is 0.165 e. The number of hydrogen-bond donors (Lipinski definition) is 0. The summed E-state index contributed by atoms with van der Waals surface area (Å²) in [6, 6.07) is 7.67. The number of carbonyl (C=O) groups excluding carboxylic acids is 1. The summed E-state index contributed by atoms with van der Waals surface area (Å²) in [6.45, 7) is 9.63. The lowest BCUT2D eigenvalue weighted by molar-refractivity contribution is 0.0959. The van der Waals surface area contributed by atoms with E-state index >= 15 is 0 Å². The first-order chi connectivity index (χ1) is 9.62. The van der Waals surface area contributed by atoms with Crippen LogP contribution in [0.25, 0.3) is 0 Å². The molecule has 0 aliphatic carbocycles. The molecule has 0 saturated heterocycles. The van der Waals surface area contributed by atoms with E-state index < -0.39 is 0 Å². The fourth-order valence-electron chi connectivity index (χ4n) is 2.37. The maximum atomic E-state index is 12.3. The van der Waals surface area contributed by atoms with Crippen LogP contribution in [0, 0.1) is 5.92 Å². The monoisotopic (exact) mass is 339 g/mol. The van der Waals surface area contributed by atoms with Crippen molar-refractivity contribution in [3.05, 3.63) is 34.3 Å². The fourth-order valence-corrected chi connectivity index (χ4v) is 2.88. The maximum absolute atomic E-state index is 12.3. The molecule has 0 bridgehead atoms. The van der Waals surface area contributed by atoms with E-state index in [1.54, 1.807) is 0 Å². The summed E-state index contributed by atoms with van der Waals surface area (Å²) in [4.78, 5) is 14.6. The lowest BCUT2D eigenvalue weighted by Crippen LogP contribution is -2.31. The van der Waals surface area contributed by atoms with Gasteiger partial charge >= 0.3 is 0 Å². The van der Waals surface area contributed by atoms with Gasteiger partial charge in [0, 0.05) is 29.5 Å². The highest BCUT2D eigenvalue weighted by molar-refractivity contribution is 9.10. The number of carbonyl (C=O) groups is 1. The second-order valence-corrected chi connectivity index (χ2v) is 6.08. The molecule has 112 valence electrons. The van der Waals surface area contributed by atoms with Gasteiger partial charge in [0.25, 0.3) is 0 Å². The first-order valence-corrected chi connectivity index (χ1v) is 8.41. The molecular formula is C17H26BrNO. The molecule has 2 nitrogen and oxygen atoms in total. The highest BCUT2D eigenvalue weighted by Crippen LogP contribution is 2.18. The summed E-state index contributed by atoms with van der Waals surface area (Å²) < 4.78 is 0.896. The molecule has 0 fully saturated rings. The topological polar surface area (TPSA) is 20.3 Å². The first kappa shape index (κ1) is 17.4. The predicted octanol–water partition coefficient (Wildman–Crippen LogP) is 4.78. The minimum atomic E-state index is 0.223. The van der Waals surface area contributed by atoms with Crippen LogP contribution in [0.2, 0.25) is 0 Å². The van der Waals surface area contributed by atoms with Gasteiger partial charge in [-0.25, -0.2) is 0 Å². The van der Waals surface area contributed by atoms with Crippen molar-refractivity contribution >= 4 is 21.7 Å². The van der Waals surface area contributed by atoms with Crippen molar-refractivity contribution < 1.29 is 4.79 Å². The summed E-state index contributed by atoms with van der Waals surface area (Å²) in [5.41, 5.74) is 0.797. The van der Waals surface area contributed by atoms with E-state index in [0.717, 1.165) is 35.6 Å². The summed E-state index contributed by atoms with van der Waals surface area (Å²) in [7, 11) is 0. The molecule has 0 radical (unpaired) electrons. The van der Waals surface area contributed by atoms with Crippen LogP contribution in [0.3, 0.4) is 0 Å². The Morgan fingerprint density at radius 1 is 1.20 bits per heavy atom. The normalized spacial score (nSPS) is 11.3. The molecule has 1 rings (SSSR count). The Balaban J connectivity index is 2.52. The molecule has 0 aliphatic heterocycles. The zero-order valence-corrected chi connectivity index (χ0v) is 14.4. The molecule has 1 aromatic rings. The molecule has 0 aliphatic rings. The minimum absolute atomic E-state index is 0.223. The number of benzene rings is 1. The molecule has 0 unspecified atom stereocenters. The number of Topliss-reactive ketones (excluding diaryl/α,β-unsaturated/α-hetero) is 1. The fraction of sp³-hybridized carbons (Fsp3) is 0.588. The van der Waals surface area contributed by atoms with Crippen molar-refractivity contribution in [2.24, 2.45) is 5.92 Å². The highest BCUT2D eigenvalue weighted by Gasteiger charge is 2.13. The quantitative estimate of drug-likeness (QED) is 0.603. The molecule has 0 atom stereocenters. The van der Waals surface area contributed by atoms with Gasteiger partial charge in [0.05, 0.1) is 0 Å². The molecule has 0 saturated carbocycles. The van der Waals surface area contributed by atoms with Crippen LogP contribution in [0.5, 0.6) is 0 Å². The number of ketones is 1. The summed E-state index contributed by atoms with van der Waals surface area (Å²) in [5, 5.41) is 0. The van der Waals surface area contributed by atoms with Crippen LogP contribution >= 0.6 is 15.9 Å². The molecule has 0 heterocycles. The molecule has 0 spiro atoms. The minimum Gasteiger partial charge on any atom is -0.303 e. The third kappa shape index (κ3) is 5.37. The van der Waals surface area contributed by atoms with E-state index in [2.05, 4.69) is 41.6 Å². The average Bonchev–Trinajstić information content (AvgIpc) is 2.48. The third-order valence-corrected chi connectivity index (χ3v) is 4.64. The van der Waals surface area contributed by atoms with Crippen molar-refractivity contribution in [1.29, 1.82) is 0 Å². The Labute approximate surface area is 131 Å². The molecule has 3 heteroatoms. The Bertz CT molecular complexity index is 415. The summed E-state index contributed by atoms with van der Waals surface area (Å²) >= 11 is 3.45. The molecule has 0 aromatic heterocycles. The third-order valence-electron chi connectivity index (χ3n) is 3.95. The molecule has 0 N–H and O–H groups in total. The van der Waals surface area contributed by atoms with Crippen LogP contribution in [-0.4, -0.2) is 30.3 Å². The van der Waals surface area contributed by atoms with Crippen LogP contribution in [-0.2, 0) is 0 Å². The molecular weight excluding hydrogens is 314 g/mol. The largest absolute Gasteiger partial charge is 0.303 e. The lowest BCUT2D eigenvalue weighted by atomic mass is 10.0. The zero-order valence-electron chi connectivity index (χ0n) is 12.9. The summed E-state index contributed by atoms with van der Waals surface area (Å²) in [6.07, 6.45) is 3.02. The molecule has 0 amide bonds. The zero-order chi connectivity index (χ0) is 15.0. The number of hydrogen-bond acceptors (Lipinski definition) is 2. The van der Waals surface area contributed by atoms with Crippen LogP contribution in [0.1, 0.15) is 50.4 Å². The van der Waals surface area contributed by atoms with Crippen molar-refractivity contribution in [3.63, 3.8) is 0 Å². The van der Waals surface area contributed by atoms with Gasteiger partial charge in [0.15, 0.2) is 5.78 Å². The number of nitrogens with zero attached hydrogens (tertiary/aromatic N) is 1. The van der Waals surface area contributed by atoms with E-state index in [1.165, 1.54) is 12.8 Å². The Morgan fingerprint density at radius 3 is 2.40 bits per heavy atom. The van der Waals surface area contributed by atoms with Crippen molar-refractivity contribution in [2.75, 3.05) is 19.6 Å². The highest BCUT2D eigenvalue weighted by atomic mass is 79.9. The Kier molecular flexibility index (Phi) is 8.08. The SMILES string of the molecule is CCC(CC)CN(CC)CCC(=O)c1ccccc1Br. The van der Waals surface area contributed by atoms with Gasteiger partial charge in [0.2, 0.25) is 0 Å². The number of halogens is 1. The van der Waals surface area contributed by atoms with Crippen molar-refractivity contribution in [1.82, 2.24) is 4.90 Å². The van der Waals surface area contributed by atoms with Gasteiger partial charge in [-0.3, -0.25) is 4.79 Å². The predicted molar refractivity (Wildman–Crippen MR) is 89.3 cm³/mol. The van der Waals surface area contributed by atoms with E-state index in [-0.39, 0.29) is 5.78 Å². The van der Waals surface area contributed by atoms with Gasteiger partial charge in [-0.2, -0.15) is 0 Å². The van der Waals surface area contributed by atoms with Gasteiger partial charge in [-0.15, -0.1) is 0 Å². The average molecular weight is 340 g/mol.